The Morgan fingerprint density at radius 1 is 1.29 bits per heavy atom. The number of hydrogen-bond acceptors (Lipinski definition) is 3. The summed E-state index contributed by atoms with van der Waals surface area (Å²) in [5.74, 6) is 0. The molecule has 0 aliphatic rings. The van der Waals surface area contributed by atoms with E-state index in [1.807, 2.05) is 0 Å². The van der Waals surface area contributed by atoms with Crippen LogP contribution in [0.3, 0.4) is 0 Å². The molecule has 0 aliphatic heterocycles. The number of rotatable bonds is 0. The van der Waals surface area contributed by atoms with E-state index in [1.54, 1.807) is 0 Å². The molecule has 0 bridgehead atoms. The molecule has 0 atom stereocenters. The predicted octanol–water partition coefficient (Wildman–Crippen LogP) is -2.10. The molecule has 0 radical (unpaired) electrons. The molecule has 44 valence electrons. The molecule has 0 saturated carbocycles. The van der Waals surface area contributed by atoms with Gasteiger partial charge in [-0.2, -0.15) is 0 Å². The summed E-state index contributed by atoms with van der Waals surface area (Å²) in [5.41, 5.74) is 0. The van der Waals surface area contributed by atoms with E-state index >= 15 is 0 Å². The van der Waals surface area contributed by atoms with E-state index in [0.717, 1.165) is 0 Å². The van der Waals surface area contributed by atoms with Gasteiger partial charge in [0.1, 0.15) is 0 Å². The van der Waals surface area contributed by atoms with Crippen LogP contribution in [0.1, 0.15) is 0 Å². The zero-order chi connectivity index (χ0) is 5.58. The molecule has 0 unspecified atom stereocenters. The van der Waals surface area contributed by atoms with E-state index in [9.17, 15) is 0 Å². The predicted molar refractivity (Wildman–Crippen MR) is 14.2 cm³/mol. The fraction of sp³-hybridized carbons (Fsp3) is 0. The van der Waals surface area contributed by atoms with E-state index in [1.165, 1.54) is 0 Å². The fourth-order valence-corrected chi connectivity index (χ4v) is 0. The summed E-state index contributed by atoms with van der Waals surface area (Å²) >= 11 is -3.35. The van der Waals surface area contributed by atoms with E-state index < -0.39 is 15.4 Å². The van der Waals surface area contributed by atoms with Crippen molar-refractivity contribution < 1.29 is 50.0 Å². The fourth-order valence-electron chi connectivity index (χ4n) is 0. The van der Waals surface area contributed by atoms with E-state index in [2.05, 4.69) is 0 Å². The molecule has 0 fully saturated rings. The molecule has 0 aromatic carbocycles. The van der Waals surface area contributed by atoms with Crippen LogP contribution < -0.4 is 0 Å². The Morgan fingerprint density at radius 2 is 1.29 bits per heavy atom. The van der Waals surface area contributed by atoms with Crippen LogP contribution in [0, 0.1) is 0 Å². The Bertz CT molecular complexity index is 69.8. The summed E-state index contributed by atoms with van der Waals surface area (Å²) in [6.07, 6.45) is 0. The van der Waals surface area contributed by atoms with Gasteiger partial charge in [-0.25, -0.2) is 0 Å². The molecular formula is H4BiO4VW. The van der Waals surface area contributed by atoms with Crippen molar-refractivity contribution in [3.63, 3.8) is 0 Å². The van der Waals surface area contributed by atoms with Gasteiger partial charge in [-0.15, -0.1) is 0 Å². The van der Waals surface area contributed by atoms with Gasteiger partial charge in [0, 0.05) is 0 Å². The molecule has 1 N–H and O–H groups in total. The van der Waals surface area contributed by atoms with Gasteiger partial charge in [-0.3, -0.25) is 0 Å². The molecule has 0 saturated heterocycles. The van der Waals surface area contributed by atoms with Crippen LogP contribution in [0.5, 0.6) is 0 Å². The molecule has 7 heteroatoms. The van der Waals surface area contributed by atoms with Crippen LogP contribution >= 0.6 is 0 Å². The van der Waals surface area contributed by atoms with Crippen LogP contribution in [-0.2, 0) is 45.9 Å². The molecule has 0 aromatic heterocycles. The first kappa shape index (κ1) is 15.8. The second kappa shape index (κ2) is 15.6. The number of hydrogen-bond donors (Lipinski definition) is 1. The van der Waals surface area contributed by atoms with E-state index in [-0.39, 0.29) is 26.2 Å². The van der Waals surface area contributed by atoms with Crippen LogP contribution in [0.15, 0.2) is 0 Å². The molecule has 0 aromatic rings. The van der Waals surface area contributed by atoms with Crippen molar-refractivity contribution in [3.8, 4) is 0 Å². The van der Waals surface area contributed by atoms with Crippen molar-refractivity contribution >= 4 is 26.2 Å². The maximum atomic E-state index is 8.67. The first-order valence-electron chi connectivity index (χ1n) is 0.732. The van der Waals surface area contributed by atoms with E-state index in [4.69, 9.17) is 14.8 Å². The van der Waals surface area contributed by atoms with Gasteiger partial charge >= 0.3 is 76.2 Å². The van der Waals surface area contributed by atoms with Gasteiger partial charge in [0.2, 0.25) is 0 Å². The van der Waals surface area contributed by atoms with Crippen molar-refractivity contribution in [1.29, 1.82) is 0 Å². The van der Waals surface area contributed by atoms with Crippen molar-refractivity contribution in [2.75, 3.05) is 0 Å². The molecule has 0 rings (SSSR count). The summed E-state index contributed by atoms with van der Waals surface area (Å²) in [7, 11) is 0. The zero-order valence-electron chi connectivity index (χ0n) is 3.23. The first-order chi connectivity index (χ1) is 2.73. The standard InChI is InChI=1S/Bi.H2O.3O.V.W.3H/h;1H2;;;;;;;;/q;;;;;+1;;;;/p-1. The van der Waals surface area contributed by atoms with Crippen LogP contribution in [-0.4, -0.2) is 30.2 Å². The molecule has 0 heterocycles. The van der Waals surface area contributed by atoms with Crippen LogP contribution in [0.25, 0.3) is 0 Å². The van der Waals surface area contributed by atoms with Crippen molar-refractivity contribution in [2.45, 2.75) is 0 Å². The summed E-state index contributed by atoms with van der Waals surface area (Å²) < 4.78 is 32.8. The third-order valence-corrected chi connectivity index (χ3v) is 0. The third kappa shape index (κ3) is 99.5. The maximum absolute atomic E-state index is 8.67. The van der Waals surface area contributed by atoms with Crippen molar-refractivity contribution in [2.24, 2.45) is 0 Å². The second-order valence-corrected chi connectivity index (χ2v) is 0.981. The van der Waals surface area contributed by atoms with Gasteiger partial charge < -0.3 is 0 Å². The van der Waals surface area contributed by atoms with Crippen LogP contribution in [0.2, 0.25) is 0 Å². The topological polar surface area (TPSA) is 71.4 Å². The average Bonchev–Trinajstić information content (AvgIpc) is 1.41. The third-order valence-electron chi connectivity index (χ3n) is 0. The molecule has 0 spiro atoms. The Kier molecular flexibility index (Phi) is 35.3. The van der Waals surface area contributed by atoms with Gasteiger partial charge in [0.25, 0.3) is 0 Å². The molecule has 0 amide bonds. The Labute approximate surface area is 75.4 Å². The minimum absolute atomic E-state index is 0. The molecular weight excluding hydrogens is 508 g/mol. The summed E-state index contributed by atoms with van der Waals surface area (Å²) in [6, 6.07) is 0. The normalized spacial score (nSPS) is 4.14. The Balaban J connectivity index is -0.0000000480. The molecule has 7 heavy (non-hydrogen) atoms. The quantitative estimate of drug-likeness (QED) is 0.378. The van der Waals surface area contributed by atoms with Crippen molar-refractivity contribution in [3.05, 3.63) is 0 Å². The van der Waals surface area contributed by atoms with Gasteiger partial charge in [-0.1, -0.05) is 0 Å². The summed E-state index contributed by atoms with van der Waals surface area (Å²) in [4.78, 5) is 0. The average molecular weight is 512 g/mol. The van der Waals surface area contributed by atoms with E-state index in [0.29, 0.717) is 19.8 Å². The van der Waals surface area contributed by atoms with Gasteiger partial charge in [-0.05, 0) is 0 Å². The Morgan fingerprint density at radius 3 is 1.29 bits per heavy atom. The van der Waals surface area contributed by atoms with Gasteiger partial charge in [0.15, 0.2) is 0 Å². The molecule has 0 aliphatic carbocycles. The second-order valence-electron chi connectivity index (χ2n) is 0.238. The molecule has 4 nitrogen and oxygen atoms in total. The van der Waals surface area contributed by atoms with Crippen LogP contribution in [0.4, 0.5) is 0 Å². The first-order valence-corrected chi connectivity index (χ1v) is 3.69. The minimum atomic E-state index is -3.69. The van der Waals surface area contributed by atoms with Gasteiger partial charge in [0.05, 0.1) is 0 Å². The SMILES string of the molecule is [BiH3].[O]=[V](=[O])[OH].[O]=[W]. The summed E-state index contributed by atoms with van der Waals surface area (Å²) in [6.45, 7) is 0. The monoisotopic (exact) mass is 512 g/mol. The van der Waals surface area contributed by atoms with Crippen molar-refractivity contribution in [1.82, 2.24) is 0 Å². The summed E-state index contributed by atoms with van der Waals surface area (Å²) in [5, 5.41) is 0. The Hall–Kier alpha value is 1.52. The zero-order valence-corrected chi connectivity index (χ0v) is 13.1.